The molecule has 1 aliphatic heterocycles. The average molecular weight is 311 g/mol. The Morgan fingerprint density at radius 1 is 1.04 bits per heavy atom. The lowest BCUT2D eigenvalue weighted by molar-refractivity contribution is -0.139. The lowest BCUT2D eigenvalue weighted by Crippen LogP contribution is -2.25. The van der Waals surface area contributed by atoms with E-state index >= 15 is 0 Å². The third-order valence-electron chi connectivity index (χ3n) is 3.92. The van der Waals surface area contributed by atoms with Gasteiger partial charge in [0.2, 0.25) is 0 Å². The van der Waals surface area contributed by atoms with Gasteiger partial charge in [-0.05, 0) is 6.07 Å². The van der Waals surface area contributed by atoms with Crippen LogP contribution in [0, 0.1) is 5.82 Å². The van der Waals surface area contributed by atoms with Crippen LogP contribution in [0.1, 0.15) is 17.2 Å². The van der Waals surface area contributed by atoms with Gasteiger partial charge in [-0.15, -0.1) is 0 Å². The van der Waals surface area contributed by atoms with E-state index in [0.717, 1.165) is 4.90 Å². The van der Waals surface area contributed by atoms with Gasteiger partial charge >= 0.3 is 0 Å². The van der Waals surface area contributed by atoms with Crippen LogP contribution in [0.5, 0.6) is 0 Å². The normalized spacial score (nSPS) is 20.1. The molecule has 3 rings (SSSR count). The summed E-state index contributed by atoms with van der Waals surface area (Å²) in [5.41, 5.74) is 0.473. The van der Waals surface area contributed by atoms with E-state index in [1.807, 2.05) is 0 Å². The molecule has 2 aromatic rings. The van der Waals surface area contributed by atoms with Crippen LogP contribution in [-0.2, 0) is 9.59 Å². The number of carbonyl (C=O) groups excluding carboxylic acids is 2. The summed E-state index contributed by atoms with van der Waals surface area (Å²) in [6.45, 7) is 0. The van der Waals surface area contributed by atoms with E-state index in [0.29, 0.717) is 5.56 Å². The predicted molar refractivity (Wildman–Crippen MR) is 82.9 cm³/mol. The Hall–Kier alpha value is -2.95. The van der Waals surface area contributed by atoms with Gasteiger partial charge in [-0.2, -0.15) is 0 Å². The summed E-state index contributed by atoms with van der Waals surface area (Å²) in [4.78, 5) is 25.5. The SMILES string of the molecule is CN1C(=O)C(=O)C(=C(O)c2ccccc2)[C@@H]1c1ccccc1F. The number of aliphatic hydroxyl groups excluding tert-OH is 1. The summed E-state index contributed by atoms with van der Waals surface area (Å²) in [7, 11) is 1.42. The van der Waals surface area contributed by atoms with E-state index in [1.165, 1.54) is 25.2 Å². The van der Waals surface area contributed by atoms with E-state index in [9.17, 15) is 19.1 Å². The first-order valence-corrected chi connectivity index (χ1v) is 7.07. The summed E-state index contributed by atoms with van der Waals surface area (Å²) in [5, 5.41) is 10.5. The first-order chi connectivity index (χ1) is 11.0. The molecule has 1 heterocycles. The topological polar surface area (TPSA) is 57.6 Å². The number of likely N-dealkylation sites (N-methyl/N-ethyl adjacent to an activating group) is 1. The summed E-state index contributed by atoms with van der Waals surface area (Å²) in [6, 6.07) is 13.4. The molecule has 2 aromatic carbocycles. The standard InChI is InChI=1S/C18H14FNO3/c1-20-15(12-9-5-6-10-13(12)19)14(17(22)18(20)23)16(21)11-7-3-2-4-8-11/h2-10,15,21H,1H3/t15-/m0/s1. The maximum atomic E-state index is 14.2. The van der Waals surface area contributed by atoms with E-state index < -0.39 is 23.5 Å². The molecule has 0 radical (unpaired) electrons. The lowest BCUT2D eigenvalue weighted by Gasteiger charge is -2.21. The fourth-order valence-electron chi connectivity index (χ4n) is 2.76. The highest BCUT2D eigenvalue weighted by atomic mass is 19.1. The van der Waals surface area contributed by atoms with Crippen molar-refractivity contribution in [2.24, 2.45) is 0 Å². The average Bonchev–Trinajstić information content (AvgIpc) is 2.80. The van der Waals surface area contributed by atoms with Crippen LogP contribution in [0.3, 0.4) is 0 Å². The van der Waals surface area contributed by atoms with Crippen molar-refractivity contribution in [1.82, 2.24) is 4.90 Å². The number of likely N-dealkylation sites (tertiary alicyclic amines) is 1. The molecule has 1 N–H and O–H groups in total. The van der Waals surface area contributed by atoms with Gasteiger partial charge in [-0.25, -0.2) is 4.39 Å². The zero-order valence-electron chi connectivity index (χ0n) is 12.4. The van der Waals surface area contributed by atoms with Crippen molar-refractivity contribution in [1.29, 1.82) is 0 Å². The Bertz CT molecular complexity index is 814. The van der Waals surface area contributed by atoms with Gasteiger partial charge < -0.3 is 10.0 Å². The Morgan fingerprint density at radius 2 is 1.65 bits per heavy atom. The third kappa shape index (κ3) is 2.40. The molecule has 0 aliphatic carbocycles. The smallest absolute Gasteiger partial charge is 0.295 e. The molecule has 1 aliphatic rings. The number of amides is 1. The molecule has 0 unspecified atom stereocenters. The number of halogens is 1. The number of Topliss-reactive ketones (excluding diaryl/α,β-unsaturated/α-hetero) is 1. The van der Waals surface area contributed by atoms with Crippen molar-refractivity contribution in [3.63, 3.8) is 0 Å². The van der Waals surface area contributed by atoms with Gasteiger partial charge in [-0.1, -0.05) is 48.5 Å². The lowest BCUT2D eigenvalue weighted by atomic mass is 9.95. The number of benzene rings is 2. The maximum Gasteiger partial charge on any atom is 0.295 e. The number of rotatable bonds is 2. The molecule has 0 spiro atoms. The van der Waals surface area contributed by atoms with Crippen LogP contribution < -0.4 is 0 Å². The van der Waals surface area contributed by atoms with Crippen molar-refractivity contribution in [2.75, 3.05) is 7.05 Å². The van der Waals surface area contributed by atoms with Crippen LogP contribution >= 0.6 is 0 Å². The van der Waals surface area contributed by atoms with Gasteiger partial charge in [0.05, 0.1) is 11.6 Å². The van der Waals surface area contributed by atoms with E-state index in [4.69, 9.17) is 0 Å². The molecule has 1 fully saturated rings. The zero-order valence-corrected chi connectivity index (χ0v) is 12.4. The minimum absolute atomic E-state index is 0.103. The Kier molecular flexibility index (Phi) is 3.70. The Morgan fingerprint density at radius 3 is 2.30 bits per heavy atom. The summed E-state index contributed by atoms with van der Waals surface area (Å²) in [5.74, 6) is -2.43. The van der Waals surface area contributed by atoms with Gasteiger partial charge in [0.1, 0.15) is 11.6 Å². The minimum atomic E-state index is -0.948. The van der Waals surface area contributed by atoms with Crippen molar-refractivity contribution >= 4 is 17.4 Å². The number of hydrogen-bond acceptors (Lipinski definition) is 3. The van der Waals surface area contributed by atoms with Crippen LogP contribution in [0.15, 0.2) is 60.2 Å². The van der Waals surface area contributed by atoms with Crippen LogP contribution in [0.4, 0.5) is 4.39 Å². The maximum absolute atomic E-state index is 14.2. The molecule has 0 bridgehead atoms. The quantitative estimate of drug-likeness (QED) is 0.527. The molecule has 116 valence electrons. The molecule has 5 heteroatoms. The van der Waals surface area contributed by atoms with E-state index in [1.54, 1.807) is 36.4 Å². The summed E-state index contributed by atoms with van der Waals surface area (Å²) >= 11 is 0. The van der Waals surface area contributed by atoms with Crippen molar-refractivity contribution in [3.05, 3.63) is 77.1 Å². The molecular formula is C18H14FNO3. The minimum Gasteiger partial charge on any atom is -0.507 e. The van der Waals surface area contributed by atoms with Gasteiger partial charge in [0.15, 0.2) is 0 Å². The van der Waals surface area contributed by atoms with Crippen molar-refractivity contribution in [2.45, 2.75) is 6.04 Å². The fourth-order valence-corrected chi connectivity index (χ4v) is 2.76. The van der Waals surface area contributed by atoms with Crippen LogP contribution in [0.2, 0.25) is 0 Å². The van der Waals surface area contributed by atoms with Crippen LogP contribution in [0.25, 0.3) is 5.76 Å². The number of carbonyl (C=O) groups is 2. The number of aliphatic hydroxyl groups is 1. The molecular weight excluding hydrogens is 297 g/mol. The monoisotopic (exact) mass is 311 g/mol. The first kappa shape index (κ1) is 15.0. The van der Waals surface area contributed by atoms with Crippen molar-refractivity contribution in [3.8, 4) is 0 Å². The summed E-state index contributed by atoms with van der Waals surface area (Å²) in [6.07, 6.45) is 0. The second kappa shape index (κ2) is 5.68. The van der Waals surface area contributed by atoms with Crippen molar-refractivity contribution < 1.29 is 19.1 Å². The van der Waals surface area contributed by atoms with Gasteiger partial charge in [0, 0.05) is 18.2 Å². The number of hydrogen-bond donors (Lipinski definition) is 1. The van der Waals surface area contributed by atoms with Gasteiger partial charge in [0.25, 0.3) is 11.7 Å². The number of nitrogens with zero attached hydrogens (tertiary/aromatic N) is 1. The zero-order chi connectivity index (χ0) is 16.6. The second-order valence-corrected chi connectivity index (χ2v) is 5.30. The predicted octanol–water partition coefficient (Wildman–Crippen LogP) is 2.88. The molecule has 23 heavy (non-hydrogen) atoms. The molecule has 1 atom stereocenters. The molecule has 1 saturated heterocycles. The third-order valence-corrected chi connectivity index (χ3v) is 3.92. The highest BCUT2D eigenvalue weighted by Gasteiger charge is 2.45. The largest absolute Gasteiger partial charge is 0.507 e. The first-order valence-electron chi connectivity index (χ1n) is 7.07. The second-order valence-electron chi connectivity index (χ2n) is 5.30. The Labute approximate surface area is 132 Å². The highest BCUT2D eigenvalue weighted by molar-refractivity contribution is 6.46. The fraction of sp³-hybridized carbons (Fsp3) is 0.111. The van der Waals surface area contributed by atoms with Crippen LogP contribution in [-0.4, -0.2) is 28.7 Å². The highest BCUT2D eigenvalue weighted by Crippen LogP contribution is 2.39. The van der Waals surface area contributed by atoms with Gasteiger partial charge in [-0.3, -0.25) is 9.59 Å². The van der Waals surface area contributed by atoms with E-state index in [2.05, 4.69) is 0 Å². The molecule has 0 saturated carbocycles. The Balaban J connectivity index is 2.22. The van der Waals surface area contributed by atoms with E-state index in [-0.39, 0.29) is 16.9 Å². The number of ketones is 1. The molecule has 0 aromatic heterocycles. The molecule has 4 nitrogen and oxygen atoms in total. The summed E-state index contributed by atoms with van der Waals surface area (Å²) < 4.78 is 14.2. The molecule has 1 amide bonds.